The van der Waals surface area contributed by atoms with Crippen LogP contribution in [0, 0.1) is 6.92 Å². The second kappa shape index (κ2) is 7.46. The first kappa shape index (κ1) is 15.1. The van der Waals surface area contributed by atoms with E-state index < -0.39 is 0 Å². The van der Waals surface area contributed by atoms with E-state index in [1.165, 1.54) is 16.7 Å². The predicted molar refractivity (Wildman–Crippen MR) is 87.0 cm³/mol. The van der Waals surface area contributed by atoms with Gasteiger partial charge in [-0.05, 0) is 29.7 Å². The van der Waals surface area contributed by atoms with Crippen LogP contribution in [0.15, 0.2) is 47.6 Å². The molecule has 0 bridgehead atoms. The normalized spacial score (nSPS) is 11.0. The van der Waals surface area contributed by atoms with E-state index in [1.54, 1.807) is 0 Å². The van der Waals surface area contributed by atoms with Gasteiger partial charge in [-0.3, -0.25) is 0 Å². The van der Waals surface area contributed by atoms with Crippen LogP contribution in [0.4, 0.5) is 0 Å². The molecule has 20 heavy (non-hydrogen) atoms. The molecule has 2 rings (SSSR count). The van der Waals surface area contributed by atoms with Crippen LogP contribution in [0.1, 0.15) is 30.5 Å². The Kier molecular flexibility index (Phi) is 5.62. The number of nitrogens with zero attached hydrogens (tertiary/aromatic N) is 1. The summed E-state index contributed by atoms with van der Waals surface area (Å²) in [5, 5.41) is 4.59. The summed E-state index contributed by atoms with van der Waals surface area (Å²) >= 11 is 1.81. The minimum atomic E-state index is 0.490. The van der Waals surface area contributed by atoms with Crippen molar-refractivity contribution in [3.8, 4) is 0 Å². The number of benzene rings is 1. The number of thioether (sulfide) groups is 1. The summed E-state index contributed by atoms with van der Waals surface area (Å²) in [6, 6.07) is 13.2. The number of nitrogens with one attached hydrogen (secondary N) is 1. The number of aromatic nitrogens is 1. The van der Waals surface area contributed by atoms with Gasteiger partial charge in [-0.15, -0.1) is 11.8 Å². The average molecular weight is 286 g/mol. The van der Waals surface area contributed by atoms with E-state index in [4.69, 9.17) is 0 Å². The van der Waals surface area contributed by atoms with Gasteiger partial charge in [0.2, 0.25) is 0 Å². The second-order valence-electron chi connectivity index (χ2n) is 5.22. The highest BCUT2D eigenvalue weighted by atomic mass is 32.2. The fraction of sp³-hybridized carbons (Fsp3) is 0.353. The van der Waals surface area contributed by atoms with E-state index in [9.17, 15) is 0 Å². The number of aryl methyl sites for hydroxylation is 1. The minimum Gasteiger partial charge on any atom is -0.310 e. The molecule has 0 aliphatic rings. The molecule has 3 heteroatoms. The lowest BCUT2D eigenvalue weighted by Gasteiger charge is -2.12. The van der Waals surface area contributed by atoms with Crippen molar-refractivity contribution in [2.45, 2.75) is 44.1 Å². The van der Waals surface area contributed by atoms with Gasteiger partial charge >= 0.3 is 0 Å². The minimum absolute atomic E-state index is 0.490. The van der Waals surface area contributed by atoms with E-state index in [0.717, 1.165) is 17.3 Å². The van der Waals surface area contributed by atoms with Gasteiger partial charge in [0.05, 0.1) is 0 Å². The van der Waals surface area contributed by atoms with E-state index >= 15 is 0 Å². The number of pyridine rings is 1. The molecule has 1 aromatic heterocycles. The average Bonchev–Trinajstić information content (AvgIpc) is 2.45. The molecule has 2 aromatic rings. The molecule has 0 aliphatic heterocycles. The quantitative estimate of drug-likeness (QED) is 0.806. The SMILES string of the molecule is Cc1ccccc1CSc1ncccc1CNC(C)C. The van der Waals surface area contributed by atoms with Crippen LogP contribution >= 0.6 is 11.8 Å². The van der Waals surface area contributed by atoms with Gasteiger partial charge in [0, 0.05) is 24.5 Å². The van der Waals surface area contributed by atoms with E-state index in [1.807, 2.05) is 24.0 Å². The molecule has 0 saturated carbocycles. The van der Waals surface area contributed by atoms with Crippen molar-refractivity contribution >= 4 is 11.8 Å². The van der Waals surface area contributed by atoms with Crippen molar-refractivity contribution in [3.63, 3.8) is 0 Å². The standard InChI is InChI=1S/C17H22N2S/c1-13(2)19-11-15-9-6-10-18-17(15)20-12-16-8-5-4-7-14(16)3/h4-10,13,19H,11-12H2,1-3H3. The maximum atomic E-state index is 4.52. The van der Waals surface area contributed by atoms with E-state index in [2.05, 4.69) is 61.4 Å². The van der Waals surface area contributed by atoms with Crippen molar-refractivity contribution in [2.24, 2.45) is 0 Å². The second-order valence-corrected chi connectivity index (χ2v) is 6.18. The maximum Gasteiger partial charge on any atom is 0.101 e. The van der Waals surface area contributed by atoms with Gasteiger partial charge in [0.1, 0.15) is 5.03 Å². The van der Waals surface area contributed by atoms with Gasteiger partial charge < -0.3 is 5.32 Å². The van der Waals surface area contributed by atoms with E-state index in [-0.39, 0.29) is 0 Å². The van der Waals surface area contributed by atoms with Gasteiger partial charge in [-0.25, -0.2) is 4.98 Å². The molecule has 0 amide bonds. The van der Waals surface area contributed by atoms with Crippen LogP contribution < -0.4 is 5.32 Å². The van der Waals surface area contributed by atoms with Crippen LogP contribution in [-0.2, 0) is 12.3 Å². The Hall–Kier alpha value is -1.32. The van der Waals surface area contributed by atoms with Crippen LogP contribution in [0.5, 0.6) is 0 Å². The molecule has 1 N–H and O–H groups in total. The Bertz CT molecular complexity index is 552. The first-order chi connectivity index (χ1) is 9.66. The summed E-state index contributed by atoms with van der Waals surface area (Å²) in [4.78, 5) is 4.52. The van der Waals surface area contributed by atoms with Crippen molar-refractivity contribution in [1.82, 2.24) is 10.3 Å². The molecule has 0 spiro atoms. The lowest BCUT2D eigenvalue weighted by Crippen LogP contribution is -2.22. The fourth-order valence-electron chi connectivity index (χ4n) is 1.92. The third-order valence-corrected chi connectivity index (χ3v) is 4.27. The van der Waals surface area contributed by atoms with E-state index in [0.29, 0.717) is 6.04 Å². The summed E-state index contributed by atoms with van der Waals surface area (Å²) in [5.41, 5.74) is 4.00. The zero-order chi connectivity index (χ0) is 14.4. The summed E-state index contributed by atoms with van der Waals surface area (Å²) in [6.45, 7) is 7.37. The molecule has 0 saturated heterocycles. The Morgan fingerprint density at radius 1 is 1.10 bits per heavy atom. The molecule has 0 fully saturated rings. The van der Waals surface area contributed by atoms with Crippen LogP contribution in [0.2, 0.25) is 0 Å². The zero-order valence-corrected chi connectivity index (χ0v) is 13.2. The monoisotopic (exact) mass is 286 g/mol. The van der Waals surface area contributed by atoms with Gasteiger partial charge in [-0.2, -0.15) is 0 Å². The number of hydrogen-bond acceptors (Lipinski definition) is 3. The zero-order valence-electron chi connectivity index (χ0n) is 12.4. The molecule has 0 aliphatic carbocycles. The molecular weight excluding hydrogens is 264 g/mol. The van der Waals surface area contributed by atoms with Gasteiger partial charge in [0.15, 0.2) is 0 Å². The summed E-state index contributed by atoms with van der Waals surface area (Å²) < 4.78 is 0. The largest absolute Gasteiger partial charge is 0.310 e. The topological polar surface area (TPSA) is 24.9 Å². The Morgan fingerprint density at radius 3 is 2.60 bits per heavy atom. The highest BCUT2D eigenvalue weighted by Crippen LogP contribution is 2.25. The maximum absolute atomic E-state index is 4.52. The Morgan fingerprint density at radius 2 is 1.85 bits per heavy atom. The van der Waals surface area contributed by atoms with Gasteiger partial charge in [-0.1, -0.05) is 44.2 Å². The van der Waals surface area contributed by atoms with Crippen molar-refractivity contribution in [3.05, 3.63) is 59.3 Å². The Balaban J connectivity index is 2.04. The third kappa shape index (κ3) is 4.36. The fourth-order valence-corrected chi connectivity index (χ4v) is 3.00. The molecule has 0 atom stereocenters. The molecule has 2 nitrogen and oxygen atoms in total. The molecule has 0 unspecified atom stereocenters. The molecule has 1 aromatic carbocycles. The summed E-state index contributed by atoms with van der Waals surface area (Å²) in [5.74, 6) is 0.971. The highest BCUT2D eigenvalue weighted by molar-refractivity contribution is 7.98. The lowest BCUT2D eigenvalue weighted by atomic mass is 10.1. The van der Waals surface area contributed by atoms with Gasteiger partial charge in [0.25, 0.3) is 0 Å². The number of hydrogen-bond donors (Lipinski definition) is 1. The molecule has 1 heterocycles. The third-order valence-electron chi connectivity index (χ3n) is 3.18. The van der Waals surface area contributed by atoms with Crippen molar-refractivity contribution < 1.29 is 0 Å². The van der Waals surface area contributed by atoms with Crippen molar-refractivity contribution in [2.75, 3.05) is 0 Å². The molecular formula is C17H22N2S. The molecule has 106 valence electrons. The van der Waals surface area contributed by atoms with Crippen LogP contribution in [0.3, 0.4) is 0 Å². The highest BCUT2D eigenvalue weighted by Gasteiger charge is 2.06. The number of rotatable bonds is 6. The Labute approximate surface area is 126 Å². The smallest absolute Gasteiger partial charge is 0.101 e. The lowest BCUT2D eigenvalue weighted by molar-refractivity contribution is 0.582. The first-order valence-electron chi connectivity index (χ1n) is 7.01. The summed E-state index contributed by atoms with van der Waals surface area (Å²) in [6.07, 6.45) is 1.87. The molecule has 0 radical (unpaired) electrons. The van der Waals surface area contributed by atoms with Crippen LogP contribution in [0.25, 0.3) is 0 Å². The first-order valence-corrected chi connectivity index (χ1v) is 8.00. The van der Waals surface area contributed by atoms with Crippen LogP contribution in [-0.4, -0.2) is 11.0 Å². The summed E-state index contributed by atoms with van der Waals surface area (Å²) in [7, 11) is 0. The van der Waals surface area contributed by atoms with Crippen molar-refractivity contribution in [1.29, 1.82) is 0 Å². The predicted octanol–water partition coefficient (Wildman–Crippen LogP) is 4.18.